The van der Waals surface area contributed by atoms with Gasteiger partial charge in [-0.05, 0) is 38.3 Å². The lowest BCUT2D eigenvalue weighted by Gasteiger charge is -2.32. The fourth-order valence-electron chi connectivity index (χ4n) is 3.41. The standard InChI is InChI=1S/C17H20N2O4/c1-10-9-14(16(21)19(10)11-5-3-2-4-6-11)18-15(20)12-7-8-13(12)17(22)23/h2-6,10,12-14H,7-9H2,1H3,(H,18,20)(H,22,23). The van der Waals surface area contributed by atoms with Crippen molar-refractivity contribution in [1.29, 1.82) is 0 Å². The molecule has 1 aromatic rings. The Morgan fingerprint density at radius 1 is 1.17 bits per heavy atom. The van der Waals surface area contributed by atoms with Crippen LogP contribution in [0.4, 0.5) is 5.69 Å². The molecule has 2 N–H and O–H groups in total. The van der Waals surface area contributed by atoms with E-state index < -0.39 is 23.8 Å². The van der Waals surface area contributed by atoms with E-state index in [0.717, 1.165) is 5.69 Å². The highest BCUT2D eigenvalue weighted by Crippen LogP contribution is 2.35. The zero-order chi connectivity index (χ0) is 16.6. The van der Waals surface area contributed by atoms with Gasteiger partial charge in [-0.25, -0.2) is 0 Å². The quantitative estimate of drug-likeness (QED) is 0.879. The van der Waals surface area contributed by atoms with Crippen LogP contribution < -0.4 is 10.2 Å². The van der Waals surface area contributed by atoms with Gasteiger partial charge < -0.3 is 15.3 Å². The molecule has 6 nitrogen and oxygen atoms in total. The number of hydrogen-bond acceptors (Lipinski definition) is 3. The molecule has 0 bridgehead atoms. The van der Waals surface area contributed by atoms with E-state index in [9.17, 15) is 14.4 Å². The van der Waals surface area contributed by atoms with Crippen molar-refractivity contribution < 1.29 is 19.5 Å². The highest BCUT2D eigenvalue weighted by Gasteiger charge is 2.44. The van der Waals surface area contributed by atoms with Crippen LogP contribution in [0.25, 0.3) is 0 Å². The lowest BCUT2D eigenvalue weighted by atomic mass is 9.73. The first kappa shape index (κ1) is 15.5. The molecular weight excluding hydrogens is 296 g/mol. The monoisotopic (exact) mass is 316 g/mol. The molecule has 2 fully saturated rings. The molecule has 3 rings (SSSR count). The van der Waals surface area contributed by atoms with Crippen LogP contribution in [0.3, 0.4) is 0 Å². The van der Waals surface area contributed by atoms with Crippen LogP contribution in [0, 0.1) is 11.8 Å². The maximum Gasteiger partial charge on any atom is 0.307 e. The Morgan fingerprint density at radius 3 is 2.39 bits per heavy atom. The second kappa shape index (κ2) is 6.02. The molecule has 0 radical (unpaired) electrons. The summed E-state index contributed by atoms with van der Waals surface area (Å²) in [4.78, 5) is 37.6. The lowest BCUT2D eigenvalue weighted by molar-refractivity contribution is -0.153. The Labute approximate surface area is 134 Å². The summed E-state index contributed by atoms with van der Waals surface area (Å²) in [6.45, 7) is 1.94. The minimum absolute atomic E-state index is 0.00754. The highest BCUT2D eigenvalue weighted by molar-refractivity contribution is 6.02. The van der Waals surface area contributed by atoms with Gasteiger partial charge in [-0.15, -0.1) is 0 Å². The molecule has 0 aromatic heterocycles. The van der Waals surface area contributed by atoms with Gasteiger partial charge in [-0.3, -0.25) is 14.4 Å². The van der Waals surface area contributed by atoms with Crippen molar-refractivity contribution in [2.45, 2.75) is 38.3 Å². The van der Waals surface area contributed by atoms with Crippen LogP contribution in [-0.4, -0.2) is 35.0 Å². The number of carbonyl (C=O) groups is 3. The molecule has 23 heavy (non-hydrogen) atoms. The molecule has 1 saturated carbocycles. The number of carboxylic acids is 1. The van der Waals surface area contributed by atoms with Crippen molar-refractivity contribution in [3.63, 3.8) is 0 Å². The van der Waals surface area contributed by atoms with Crippen molar-refractivity contribution in [2.75, 3.05) is 4.90 Å². The van der Waals surface area contributed by atoms with E-state index in [1.165, 1.54) is 0 Å². The number of anilines is 1. The summed E-state index contributed by atoms with van der Waals surface area (Å²) in [7, 11) is 0. The van der Waals surface area contributed by atoms with Crippen LogP contribution in [0.5, 0.6) is 0 Å². The van der Waals surface area contributed by atoms with Gasteiger partial charge in [-0.1, -0.05) is 18.2 Å². The number of nitrogens with one attached hydrogen (secondary N) is 1. The summed E-state index contributed by atoms with van der Waals surface area (Å²) in [5.74, 6) is -2.52. The largest absolute Gasteiger partial charge is 0.481 e. The van der Waals surface area contributed by atoms with Crippen molar-refractivity contribution >= 4 is 23.5 Å². The van der Waals surface area contributed by atoms with Crippen molar-refractivity contribution in [2.24, 2.45) is 11.8 Å². The molecule has 1 aromatic carbocycles. The molecule has 2 amide bonds. The molecule has 1 aliphatic heterocycles. The average molecular weight is 316 g/mol. The summed E-state index contributed by atoms with van der Waals surface area (Å²) in [5.41, 5.74) is 0.814. The third-order valence-corrected chi connectivity index (χ3v) is 4.83. The van der Waals surface area contributed by atoms with E-state index in [2.05, 4.69) is 5.32 Å². The van der Waals surface area contributed by atoms with Crippen LogP contribution in [-0.2, 0) is 14.4 Å². The van der Waals surface area contributed by atoms with E-state index in [-0.39, 0.29) is 17.9 Å². The molecular formula is C17H20N2O4. The molecule has 1 aliphatic carbocycles. The van der Waals surface area contributed by atoms with Gasteiger partial charge in [0.25, 0.3) is 0 Å². The average Bonchev–Trinajstić information content (AvgIpc) is 2.72. The van der Waals surface area contributed by atoms with Gasteiger partial charge >= 0.3 is 5.97 Å². The highest BCUT2D eigenvalue weighted by atomic mass is 16.4. The number of benzene rings is 1. The van der Waals surface area contributed by atoms with Crippen molar-refractivity contribution in [3.8, 4) is 0 Å². The summed E-state index contributed by atoms with van der Waals surface area (Å²) in [5, 5.41) is 11.8. The van der Waals surface area contributed by atoms with Gasteiger partial charge in [0.1, 0.15) is 6.04 Å². The SMILES string of the molecule is CC1CC(NC(=O)C2CCC2C(=O)O)C(=O)N1c1ccccc1. The third kappa shape index (κ3) is 2.81. The molecule has 1 heterocycles. The Bertz CT molecular complexity index is 631. The second-order valence-electron chi connectivity index (χ2n) is 6.32. The minimum Gasteiger partial charge on any atom is -0.481 e. The molecule has 122 valence electrons. The Kier molecular flexibility index (Phi) is 4.07. The van der Waals surface area contributed by atoms with Gasteiger partial charge in [-0.2, -0.15) is 0 Å². The van der Waals surface area contributed by atoms with Crippen LogP contribution in [0.2, 0.25) is 0 Å². The van der Waals surface area contributed by atoms with Gasteiger partial charge in [0.2, 0.25) is 11.8 Å². The fourth-order valence-corrected chi connectivity index (χ4v) is 3.41. The first-order chi connectivity index (χ1) is 11.0. The summed E-state index contributed by atoms with van der Waals surface area (Å²) in [6, 6.07) is 8.77. The van der Waals surface area contributed by atoms with Crippen LogP contribution >= 0.6 is 0 Å². The fraction of sp³-hybridized carbons (Fsp3) is 0.471. The number of nitrogens with zero attached hydrogens (tertiary/aromatic N) is 1. The number of aliphatic carboxylic acids is 1. The van der Waals surface area contributed by atoms with E-state index in [0.29, 0.717) is 19.3 Å². The van der Waals surface area contributed by atoms with Crippen LogP contribution in [0.1, 0.15) is 26.2 Å². The van der Waals surface area contributed by atoms with Crippen molar-refractivity contribution in [1.82, 2.24) is 5.32 Å². The number of para-hydroxylation sites is 1. The van der Waals surface area contributed by atoms with Gasteiger partial charge in [0.05, 0.1) is 11.8 Å². The zero-order valence-electron chi connectivity index (χ0n) is 12.9. The minimum atomic E-state index is -0.937. The number of hydrogen-bond donors (Lipinski definition) is 2. The van der Waals surface area contributed by atoms with E-state index in [4.69, 9.17) is 5.11 Å². The summed E-state index contributed by atoms with van der Waals surface area (Å²) < 4.78 is 0. The molecule has 4 atom stereocenters. The molecule has 0 spiro atoms. The van der Waals surface area contributed by atoms with E-state index in [1.54, 1.807) is 4.90 Å². The Hall–Kier alpha value is -2.37. The predicted octanol–water partition coefficient (Wildman–Crippen LogP) is 1.41. The zero-order valence-corrected chi connectivity index (χ0v) is 12.9. The normalized spacial score (nSPS) is 30.0. The van der Waals surface area contributed by atoms with Gasteiger partial charge in [0.15, 0.2) is 0 Å². The second-order valence-corrected chi connectivity index (χ2v) is 6.32. The topological polar surface area (TPSA) is 86.7 Å². The first-order valence-electron chi connectivity index (χ1n) is 7.90. The van der Waals surface area contributed by atoms with E-state index >= 15 is 0 Å². The van der Waals surface area contributed by atoms with Crippen LogP contribution in [0.15, 0.2) is 30.3 Å². The maximum atomic E-state index is 12.6. The summed E-state index contributed by atoms with van der Waals surface area (Å²) >= 11 is 0. The number of carboxylic acid groups (broad SMARTS) is 1. The summed E-state index contributed by atoms with van der Waals surface area (Å²) in [6.07, 6.45) is 1.63. The molecule has 6 heteroatoms. The molecule has 1 saturated heterocycles. The smallest absolute Gasteiger partial charge is 0.307 e. The third-order valence-electron chi connectivity index (χ3n) is 4.83. The predicted molar refractivity (Wildman–Crippen MR) is 83.8 cm³/mol. The molecule has 4 unspecified atom stereocenters. The number of amides is 2. The van der Waals surface area contributed by atoms with Crippen molar-refractivity contribution in [3.05, 3.63) is 30.3 Å². The first-order valence-corrected chi connectivity index (χ1v) is 7.90. The Balaban J connectivity index is 1.67. The number of rotatable bonds is 4. The van der Waals surface area contributed by atoms with E-state index in [1.807, 2.05) is 37.3 Å². The van der Waals surface area contributed by atoms with Gasteiger partial charge in [0, 0.05) is 11.7 Å². The lowest BCUT2D eigenvalue weighted by Crippen LogP contribution is -2.49. The maximum absolute atomic E-state index is 12.6. The number of carbonyl (C=O) groups excluding carboxylic acids is 2. The molecule has 2 aliphatic rings. The Morgan fingerprint density at radius 2 is 1.83 bits per heavy atom.